The molecule has 0 bridgehead atoms. The zero-order valence-electron chi connectivity index (χ0n) is 8.57. The largest absolute Gasteiger partial charge is 0.344 e. The third-order valence-electron chi connectivity index (χ3n) is 2.11. The van der Waals surface area contributed by atoms with Gasteiger partial charge >= 0.3 is 0 Å². The van der Waals surface area contributed by atoms with E-state index in [1.807, 2.05) is 36.6 Å². The molecule has 0 aliphatic heterocycles. The number of carbonyl (C=O) groups excluding carboxylic acids is 1. The lowest BCUT2D eigenvalue weighted by atomic mass is 10.2. The van der Waals surface area contributed by atoms with Gasteiger partial charge in [-0.3, -0.25) is 4.79 Å². The van der Waals surface area contributed by atoms with Gasteiger partial charge in [0.25, 0.3) is 5.91 Å². The van der Waals surface area contributed by atoms with Gasteiger partial charge in [0.05, 0.1) is 14.7 Å². The van der Waals surface area contributed by atoms with E-state index >= 15 is 0 Å². The van der Waals surface area contributed by atoms with E-state index in [9.17, 15) is 4.79 Å². The number of nitrogens with one attached hydrogen (secondary N) is 1. The molecule has 1 N–H and O–H groups in total. The molecule has 0 aromatic carbocycles. The Morgan fingerprint density at radius 1 is 1.44 bits per heavy atom. The van der Waals surface area contributed by atoms with Crippen molar-refractivity contribution in [1.82, 2.24) is 5.32 Å². The second-order valence-corrected chi connectivity index (χ2v) is 6.76. The molecule has 0 spiro atoms. The second kappa shape index (κ2) is 5.12. The van der Waals surface area contributed by atoms with Crippen LogP contribution < -0.4 is 5.32 Å². The maximum absolute atomic E-state index is 11.8. The van der Waals surface area contributed by atoms with Crippen molar-refractivity contribution < 1.29 is 4.79 Å². The van der Waals surface area contributed by atoms with Crippen molar-refractivity contribution >= 4 is 44.5 Å². The van der Waals surface area contributed by atoms with Gasteiger partial charge in [0.2, 0.25) is 0 Å². The van der Waals surface area contributed by atoms with E-state index < -0.39 is 0 Å². The van der Waals surface area contributed by atoms with Gasteiger partial charge in [0.1, 0.15) is 0 Å². The summed E-state index contributed by atoms with van der Waals surface area (Å²) in [6.07, 6.45) is 0. The lowest BCUT2D eigenvalue weighted by molar-refractivity contribution is 0.0944. The number of rotatable bonds is 3. The molecule has 1 atom stereocenters. The molecule has 0 fully saturated rings. The molecule has 0 saturated carbocycles. The van der Waals surface area contributed by atoms with Crippen LogP contribution in [0.4, 0.5) is 0 Å². The fraction of sp³-hybridized carbons (Fsp3) is 0.182. The Balaban J connectivity index is 2.03. The highest BCUT2D eigenvalue weighted by molar-refractivity contribution is 9.11. The van der Waals surface area contributed by atoms with Crippen molar-refractivity contribution in [2.24, 2.45) is 0 Å². The van der Waals surface area contributed by atoms with Crippen LogP contribution in [0.5, 0.6) is 0 Å². The summed E-state index contributed by atoms with van der Waals surface area (Å²) in [7, 11) is 0. The van der Waals surface area contributed by atoms with E-state index in [2.05, 4.69) is 21.2 Å². The molecule has 2 aromatic rings. The molecule has 0 saturated heterocycles. The number of hydrogen-bond donors (Lipinski definition) is 1. The van der Waals surface area contributed by atoms with Crippen LogP contribution in [0.3, 0.4) is 0 Å². The summed E-state index contributed by atoms with van der Waals surface area (Å²) in [4.78, 5) is 13.7. The van der Waals surface area contributed by atoms with Gasteiger partial charge in [-0.1, -0.05) is 6.07 Å². The Morgan fingerprint density at radius 3 is 2.81 bits per heavy atom. The monoisotopic (exact) mass is 315 g/mol. The number of carbonyl (C=O) groups is 1. The lowest BCUT2D eigenvalue weighted by Crippen LogP contribution is -2.25. The van der Waals surface area contributed by atoms with Gasteiger partial charge in [0.15, 0.2) is 0 Å². The van der Waals surface area contributed by atoms with Crippen LogP contribution in [0.1, 0.15) is 27.5 Å². The molecular formula is C11H10BrNOS2. The maximum atomic E-state index is 11.8. The predicted molar refractivity (Wildman–Crippen MR) is 72.2 cm³/mol. The zero-order valence-corrected chi connectivity index (χ0v) is 11.8. The highest BCUT2D eigenvalue weighted by Gasteiger charge is 2.13. The first-order chi connectivity index (χ1) is 7.66. The van der Waals surface area contributed by atoms with E-state index in [4.69, 9.17) is 0 Å². The van der Waals surface area contributed by atoms with E-state index in [1.165, 1.54) is 16.2 Å². The van der Waals surface area contributed by atoms with E-state index in [0.29, 0.717) is 0 Å². The Labute approximate surface area is 110 Å². The number of halogens is 1. The van der Waals surface area contributed by atoms with Crippen LogP contribution in [0.2, 0.25) is 0 Å². The summed E-state index contributed by atoms with van der Waals surface area (Å²) in [5.74, 6) is -0.0170. The molecule has 16 heavy (non-hydrogen) atoms. The predicted octanol–water partition coefficient (Wildman–Crippen LogP) is 4.06. The van der Waals surface area contributed by atoms with Gasteiger partial charge in [-0.15, -0.1) is 22.7 Å². The number of amides is 1. The van der Waals surface area contributed by atoms with Crippen LogP contribution in [0.15, 0.2) is 33.4 Å². The van der Waals surface area contributed by atoms with Crippen LogP contribution in [-0.2, 0) is 0 Å². The zero-order chi connectivity index (χ0) is 11.5. The second-order valence-electron chi connectivity index (χ2n) is 3.31. The van der Waals surface area contributed by atoms with Gasteiger partial charge in [-0.25, -0.2) is 0 Å². The van der Waals surface area contributed by atoms with Crippen molar-refractivity contribution in [2.45, 2.75) is 13.0 Å². The minimum atomic E-state index is -0.0170. The average Bonchev–Trinajstić information content (AvgIpc) is 2.87. The summed E-state index contributed by atoms with van der Waals surface area (Å²) in [5, 5.41) is 4.99. The van der Waals surface area contributed by atoms with Gasteiger partial charge in [0, 0.05) is 4.88 Å². The molecule has 1 amide bonds. The quantitative estimate of drug-likeness (QED) is 0.909. The molecule has 0 aliphatic carbocycles. The Bertz CT molecular complexity index is 478. The minimum Gasteiger partial charge on any atom is -0.344 e. The average molecular weight is 316 g/mol. The third kappa shape index (κ3) is 2.72. The molecular weight excluding hydrogens is 306 g/mol. The first-order valence-electron chi connectivity index (χ1n) is 4.76. The van der Waals surface area contributed by atoms with Crippen molar-refractivity contribution in [3.8, 4) is 0 Å². The molecule has 2 nitrogen and oxygen atoms in total. The van der Waals surface area contributed by atoms with Crippen molar-refractivity contribution in [3.05, 3.63) is 43.2 Å². The van der Waals surface area contributed by atoms with E-state index in [-0.39, 0.29) is 11.9 Å². The number of hydrogen-bond acceptors (Lipinski definition) is 3. The van der Waals surface area contributed by atoms with Crippen LogP contribution in [-0.4, -0.2) is 5.91 Å². The molecule has 2 aromatic heterocycles. The van der Waals surface area contributed by atoms with Crippen LogP contribution >= 0.6 is 38.6 Å². The SMILES string of the molecule is C[C@H](NC(=O)c1ccc(Br)s1)c1cccs1. The fourth-order valence-corrected chi connectivity index (χ4v) is 3.34. The highest BCUT2D eigenvalue weighted by Crippen LogP contribution is 2.23. The summed E-state index contributed by atoms with van der Waals surface area (Å²) >= 11 is 6.44. The lowest BCUT2D eigenvalue weighted by Gasteiger charge is -2.10. The first-order valence-corrected chi connectivity index (χ1v) is 7.25. The van der Waals surface area contributed by atoms with E-state index in [0.717, 1.165) is 8.66 Å². The summed E-state index contributed by atoms with van der Waals surface area (Å²) in [6, 6.07) is 7.79. The van der Waals surface area contributed by atoms with Crippen LogP contribution in [0.25, 0.3) is 0 Å². The molecule has 0 unspecified atom stereocenters. The fourth-order valence-electron chi connectivity index (χ4n) is 1.31. The summed E-state index contributed by atoms with van der Waals surface area (Å²) in [5.41, 5.74) is 0. The normalized spacial score (nSPS) is 12.4. The van der Waals surface area contributed by atoms with E-state index in [1.54, 1.807) is 11.3 Å². The summed E-state index contributed by atoms with van der Waals surface area (Å²) in [6.45, 7) is 1.99. The first kappa shape index (κ1) is 11.8. The molecule has 2 rings (SSSR count). The minimum absolute atomic E-state index is 0.0170. The molecule has 0 radical (unpaired) electrons. The highest BCUT2D eigenvalue weighted by atomic mass is 79.9. The van der Waals surface area contributed by atoms with Gasteiger partial charge < -0.3 is 5.32 Å². The standard InChI is InChI=1S/C11H10BrNOS2/c1-7(8-3-2-6-15-8)13-11(14)9-4-5-10(12)16-9/h2-7H,1H3,(H,13,14)/t7-/m0/s1. The molecule has 84 valence electrons. The smallest absolute Gasteiger partial charge is 0.261 e. The molecule has 0 aliphatic rings. The van der Waals surface area contributed by atoms with Gasteiger partial charge in [-0.05, 0) is 46.4 Å². The van der Waals surface area contributed by atoms with Crippen molar-refractivity contribution in [2.75, 3.05) is 0 Å². The summed E-state index contributed by atoms with van der Waals surface area (Å²) < 4.78 is 0.974. The van der Waals surface area contributed by atoms with Gasteiger partial charge in [-0.2, -0.15) is 0 Å². The number of thiophene rings is 2. The third-order valence-corrected chi connectivity index (χ3v) is 4.79. The maximum Gasteiger partial charge on any atom is 0.261 e. The Morgan fingerprint density at radius 2 is 2.25 bits per heavy atom. The topological polar surface area (TPSA) is 29.1 Å². The Kier molecular flexibility index (Phi) is 3.78. The van der Waals surface area contributed by atoms with Crippen molar-refractivity contribution in [1.29, 1.82) is 0 Å². The Hall–Kier alpha value is -0.650. The molecule has 5 heteroatoms. The van der Waals surface area contributed by atoms with Crippen molar-refractivity contribution in [3.63, 3.8) is 0 Å². The van der Waals surface area contributed by atoms with Crippen LogP contribution in [0, 0.1) is 0 Å². The molecule has 2 heterocycles.